The molecule has 0 bridgehead atoms. The fraction of sp³-hybridized carbons (Fsp3) is 0.467. The predicted molar refractivity (Wildman–Crippen MR) is 68.7 cm³/mol. The first-order valence-electron chi connectivity index (χ1n) is 6.57. The van der Waals surface area contributed by atoms with Crippen molar-refractivity contribution in [1.82, 2.24) is 4.98 Å². The third-order valence-electron chi connectivity index (χ3n) is 3.95. The molecular weight excluding hydrogens is 213 g/mol. The molecule has 0 amide bonds. The van der Waals surface area contributed by atoms with E-state index in [1.165, 1.54) is 36.6 Å². The highest BCUT2D eigenvalue weighted by atomic mass is 19.1. The summed E-state index contributed by atoms with van der Waals surface area (Å²) in [5, 5.41) is 1.10. The number of H-pyrrole nitrogens is 1. The Morgan fingerprint density at radius 2 is 2.29 bits per heavy atom. The average Bonchev–Trinajstić information content (AvgIpc) is 2.67. The van der Waals surface area contributed by atoms with Crippen LogP contribution in [0.25, 0.3) is 10.9 Å². The molecule has 2 heteroatoms. The van der Waals surface area contributed by atoms with Crippen LogP contribution in [0.1, 0.15) is 37.4 Å². The molecule has 1 N–H and O–H groups in total. The van der Waals surface area contributed by atoms with Gasteiger partial charge in [-0.25, -0.2) is 4.39 Å². The van der Waals surface area contributed by atoms with Crippen LogP contribution in [0.5, 0.6) is 0 Å². The first-order chi connectivity index (χ1) is 8.28. The molecule has 1 unspecified atom stereocenters. The summed E-state index contributed by atoms with van der Waals surface area (Å²) >= 11 is 0. The minimum absolute atomic E-state index is 0.128. The lowest BCUT2D eigenvalue weighted by atomic mass is 9.84. The second-order valence-corrected chi connectivity index (χ2v) is 5.17. The molecule has 3 rings (SSSR count). The Labute approximate surface area is 101 Å². The number of nitrogens with one attached hydrogen (secondary N) is 1. The van der Waals surface area contributed by atoms with E-state index in [4.69, 9.17) is 0 Å². The molecule has 90 valence electrons. The summed E-state index contributed by atoms with van der Waals surface area (Å²) in [5.74, 6) is 0.659. The van der Waals surface area contributed by atoms with Gasteiger partial charge in [-0.05, 0) is 48.9 Å². The van der Waals surface area contributed by atoms with Gasteiger partial charge >= 0.3 is 0 Å². The molecular formula is C15H18FN. The van der Waals surface area contributed by atoms with E-state index in [2.05, 4.69) is 11.9 Å². The van der Waals surface area contributed by atoms with Gasteiger partial charge in [0.15, 0.2) is 0 Å². The zero-order valence-electron chi connectivity index (χ0n) is 10.2. The number of hydrogen-bond donors (Lipinski definition) is 1. The van der Waals surface area contributed by atoms with Crippen molar-refractivity contribution in [2.75, 3.05) is 0 Å². The summed E-state index contributed by atoms with van der Waals surface area (Å²) in [7, 11) is 0. The zero-order valence-corrected chi connectivity index (χ0v) is 10.2. The molecule has 0 saturated heterocycles. The molecule has 1 aliphatic carbocycles. The van der Waals surface area contributed by atoms with E-state index in [9.17, 15) is 4.39 Å². The highest BCUT2D eigenvalue weighted by molar-refractivity contribution is 5.85. The van der Waals surface area contributed by atoms with Crippen LogP contribution in [0.4, 0.5) is 4.39 Å². The summed E-state index contributed by atoms with van der Waals surface area (Å²) in [6.45, 7) is 2.24. The van der Waals surface area contributed by atoms with E-state index < -0.39 is 0 Å². The van der Waals surface area contributed by atoms with Crippen LogP contribution in [0.2, 0.25) is 0 Å². The summed E-state index contributed by atoms with van der Waals surface area (Å²) in [6.07, 6.45) is 6.05. The maximum atomic E-state index is 13.3. The van der Waals surface area contributed by atoms with Gasteiger partial charge in [-0.15, -0.1) is 0 Å². The molecule has 0 saturated carbocycles. The van der Waals surface area contributed by atoms with Gasteiger partial charge in [-0.2, -0.15) is 0 Å². The molecule has 0 fully saturated rings. The lowest BCUT2D eigenvalue weighted by molar-refractivity contribution is 0.422. The molecule has 0 radical (unpaired) electrons. The molecule has 1 atom stereocenters. The lowest BCUT2D eigenvalue weighted by Gasteiger charge is -2.21. The van der Waals surface area contributed by atoms with Gasteiger partial charge < -0.3 is 4.98 Å². The smallest absolute Gasteiger partial charge is 0.123 e. The minimum atomic E-state index is -0.128. The fourth-order valence-corrected chi connectivity index (χ4v) is 3.12. The highest BCUT2D eigenvalue weighted by Crippen LogP contribution is 2.33. The average molecular weight is 231 g/mol. The van der Waals surface area contributed by atoms with Gasteiger partial charge in [-0.1, -0.05) is 19.8 Å². The van der Waals surface area contributed by atoms with Gasteiger partial charge in [0, 0.05) is 16.6 Å². The topological polar surface area (TPSA) is 15.8 Å². The Morgan fingerprint density at radius 3 is 3.12 bits per heavy atom. The third kappa shape index (κ3) is 1.86. The van der Waals surface area contributed by atoms with E-state index in [-0.39, 0.29) is 5.82 Å². The zero-order chi connectivity index (χ0) is 11.8. The van der Waals surface area contributed by atoms with Crippen molar-refractivity contribution >= 4 is 10.9 Å². The largest absolute Gasteiger partial charge is 0.358 e. The van der Waals surface area contributed by atoms with E-state index in [0.29, 0.717) is 0 Å². The SMILES string of the molecule is CCCC1CCc2[nH]c3ccc(F)cc3c2C1. The summed E-state index contributed by atoms with van der Waals surface area (Å²) in [5.41, 5.74) is 3.79. The Balaban J connectivity index is 2.04. The van der Waals surface area contributed by atoms with Crippen LogP contribution in [-0.4, -0.2) is 4.98 Å². The Morgan fingerprint density at radius 1 is 1.41 bits per heavy atom. The number of aryl methyl sites for hydroxylation is 1. The number of fused-ring (bicyclic) bond motifs is 3. The summed E-state index contributed by atoms with van der Waals surface area (Å²) < 4.78 is 13.3. The predicted octanol–water partition coefficient (Wildman–Crippen LogP) is 4.21. The lowest BCUT2D eigenvalue weighted by Crippen LogP contribution is -2.13. The van der Waals surface area contributed by atoms with E-state index in [1.54, 1.807) is 6.07 Å². The number of halogens is 1. The molecule has 0 aliphatic heterocycles. The van der Waals surface area contributed by atoms with Crippen molar-refractivity contribution in [3.05, 3.63) is 35.3 Å². The number of rotatable bonds is 2. The molecule has 17 heavy (non-hydrogen) atoms. The fourth-order valence-electron chi connectivity index (χ4n) is 3.12. The van der Waals surface area contributed by atoms with Gasteiger partial charge in [0.2, 0.25) is 0 Å². The Kier molecular flexibility index (Phi) is 2.65. The maximum absolute atomic E-state index is 13.3. The molecule has 0 spiro atoms. The molecule has 2 aromatic rings. The van der Waals surface area contributed by atoms with E-state index >= 15 is 0 Å². The first-order valence-corrected chi connectivity index (χ1v) is 6.57. The maximum Gasteiger partial charge on any atom is 0.123 e. The second kappa shape index (κ2) is 4.17. The number of benzene rings is 1. The number of aromatic nitrogens is 1. The third-order valence-corrected chi connectivity index (χ3v) is 3.95. The van der Waals surface area contributed by atoms with Crippen LogP contribution >= 0.6 is 0 Å². The van der Waals surface area contributed by atoms with Crippen LogP contribution in [0.3, 0.4) is 0 Å². The van der Waals surface area contributed by atoms with Crippen LogP contribution in [0, 0.1) is 11.7 Å². The van der Waals surface area contributed by atoms with Crippen LogP contribution in [-0.2, 0) is 12.8 Å². The molecule has 1 heterocycles. The van der Waals surface area contributed by atoms with Crippen molar-refractivity contribution in [1.29, 1.82) is 0 Å². The monoisotopic (exact) mass is 231 g/mol. The molecule has 1 aromatic carbocycles. The van der Waals surface area contributed by atoms with Crippen molar-refractivity contribution in [2.45, 2.75) is 39.0 Å². The van der Waals surface area contributed by atoms with Crippen LogP contribution < -0.4 is 0 Å². The van der Waals surface area contributed by atoms with Crippen molar-refractivity contribution in [3.8, 4) is 0 Å². The summed E-state index contributed by atoms with van der Waals surface area (Å²) in [6, 6.07) is 5.07. The normalized spacial score (nSPS) is 19.5. The van der Waals surface area contributed by atoms with Gasteiger partial charge in [-0.3, -0.25) is 0 Å². The molecule has 1 aromatic heterocycles. The Bertz CT molecular complexity index is 541. The summed E-state index contributed by atoms with van der Waals surface area (Å²) in [4.78, 5) is 3.44. The number of hydrogen-bond acceptors (Lipinski definition) is 0. The second-order valence-electron chi connectivity index (χ2n) is 5.17. The molecule has 1 aliphatic rings. The number of aromatic amines is 1. The first kappa shape index (κ1) is 10.8. The van der Waals surface area contributed by atoms with Crippen molar-refractivity contribution < 1.29 is 4.39 Å². The quantitative estimate of drug-likeness (QED) is 0.796. The van der Waals surface area contributed by atoms with Gasteiger partial charge in [0.25, 0.3) is 0 Å². The van der Waals surface area contributed by atoms with Crippen molar-refractivity contribution in [3.63, 3.8) is 0 Å². The highest BCUT2D eigenvalue weighted by Gasteiger charge is 2.21. The van der Waals surface area contributed by atoms with Crippen molar-refractivity contribution in [2.24, 2.45) is 5.92 Å². The Hall–Kier alpha value is -1.31. The van der Waals surface area contributed by atoms with Gasteiger partial charge in [0.1, 0.15) is 5.82 Å². The van der Waals surface area contributed by atoms with E-state index in [1.807, 2.05) is 6.07 Å². The standard InChI is InChI=1S/C15H18FN/c1-2-3-10-4-6-14-12(8-10)13-9-11(16)5-7-15(13)17-14/h5,7,9-10,17H,2-4,6,8H2,1H3. The van der Waals surface area contributed by atoms with Crippen LogP contribution in [0.15, 0.2) is 18.2 Å². The van der Waals surface area contributed by atoms with Gasteiger partial charge in [0.05, 0.1) is 0 Å². The molecule has 1 nitrogen and oxygen atoms in total. The van der Waals surface area contributed by atoms with E-state index in [0.717, 1.165) is 29.7 Å². The minimum Gasteiger partial charge on any atom is -0.358 e.